The molecule has 1 unspecified atom stereocenters. The predicted octanol–water partition coefficient (Wildman–Crippen LogP) is 3.04. The van der Waals surface area contributed by atoms with E-state index in [9.17, 15) is 14.7 Å². The van der Waals surface area contributed by atoms with Gasteiger partial charge in [-0.15, -0.1) is 10.2 Å². The van der Waals surface area contributed by atoms with Gasteiger partial charge in [0.25, 0.3) is 5.91 Å². The number of carbonyl (C=O) groups excluding carboxylic acids is 1. The molecule has 7 heteroatoms. The average molecular weight is 396 g/mol. The molecular weight excluding hydrogens is 368 g/mol. The second kappa shape index (κ2) is 6.40. The number of carbonyl (C=O) groups is 2. The number of rotatable bonds is 2. The molecule has 2 aromatic rings. The summed E-state index contributed by atoms with van der Waals surface area (Å²) in [4.78, 5) is 26.7. The zero-order valence-corrected chi connectivity index (χ0v) is 17.7. The van der Waals surface area contributed by atoms with Crippen LogP contribution in [0.3, 0.4) is 0 Å². The first kappa shape index (κ1) is 19.6. The van der Waals surface area contributed by atoms with E-state index >= 15 is 0 Å². The van der Waals surface area contributed by atoms with Gasteiger partial charge in [-0.25, -0.2) is 4.79 Å². The monoisotopic (exact) mass is 396 g/mol. The molecule has 1 aliphatic heterocycles. The minimum absolute atomic E-state index is 0.0213. The van der Waals surface area contributed by atoms with Gasteiger partial charge in [0, 0.05) is 5.56 Å². The lowest BCUT2D eigenvalue weighted by molar-refractivity contribution is -0.143. The molecule has 7 nitrogen and oxygen atoms in total. The number of aromatic nitrogens is 3. The number of benzene rings is 1. The van der Waals surface area contributed by atoms with Gasteiger partial charge in [0.1, 0.15) is 11.9 Å². The van der Waals surface area contributed by atoms with Gasteiger partial charge in [-0.3, -0.25) is 4.79 Å². The Kier molecular flexibility index (Phi) is 4.33. The Morgan fingerprint density at radius 3 is 2.38 bits per heavy atom. The van der Waals surface area contributed by atoms with E-state index in [-0.39, 0.29) is 29.8 Å². The van der Waals surface area contributed by atoms with Crippen LogP contribution in [0.4, 0.5) is 0 Å². The van der Waals surface area contributed by atoms with E-state index in [4.69, 9.17) is 0 Å². The van der Waals surface area contributed by atoms with Crippen LogP contribution in [0.2, 0.25) is 0 Å². The quantitative estimate of drug-likeness (QED) is 0.843. The molecule has 29 heavy (non-hydrogen) atoms. The van der Waals surface area contributed by atoms with E-state index in [0.29, 0.717) is 17.2 Å². The summed E-state index contributed by atoms with van der Waals surface area (Å²) in [5.74, 6) is -0.00769. The van der Waals surface area contributed by atoms with Gasteiger partial charge in [-0.05, 0) is 53.9 Å². The van der Waals surface area contributed by atoms with Gasteiger partial charge < -0.3 is 14.6 Å². The molecule has 1 N–H and O–H groups in total. The second-order valence-corrected chi connectivity index (χ2v) is 9.59. The Balaban J connectivity index is 1.74. The summed E-state index contributed by atoms with van der Waals surface area (Å²) in [5, 5.41) is 17.9. The molecule has 2 heterocycles. The molecule has 0 bridgehead atoms. The third-order valence-electron chi connectivity index (χ3n) is 6.70. The Bertz CT molecular complexity index is 1010. The van der Waals surface area contributed by atoms with E-state index in [2.05, 4.69) is 44.0 Å². The minimum atomic E-state index is -1.02. The van der Waals surface area contributed by atoms with Crippen molar-refractivity contribution >= 4 is 11.9 Å². The van der Waals surface area contributed by atoms with Crippen molar-refractivity contribution in [2.24, 2.45) is 0 Å². The van der Waals surface area contributed by atoms with Crippen LogP contribution < -0.4 is 0 Å². The number of carboxylic acid groups (broad SMARTS) is 1. The van der Waals surface area contributed by atoms with Gasteiger partial charge >= 0.3 is 5.97 Å². The molecule has 2 aliphatic rings. The van der Waals surface area contributed by atoms with Crippen molar-refractivity contribution < 1.29 is 14.7 Å². The molecule has 154 valence electrons. The first-order valence-corrected chi connectivity index (χ1v) is 10.1. The average Bonchev–Trinajstić information content (AvgIpc) is 3.04. The number of fused-ring (bicyclic) bond motifs is 2. The van der Waals surface area contributed by atoms with Gasteiger partial charge in [-0.1, -0.05) is 33.8 Å². The van der Waals surface area contributed by atoms with Crippen molar-refractivity contribution in [2.75, 3.05) is 0 Å². The highest BCUT2D eigenvalue weighted by Crippen LogP contribution is 2.46. The maximum atomic E-state index is 13.4. The van der Waals surface area contributed by atoms with Crippen LogP contribution in [0.15, 0.2) is 18.2 Å². The molecular formula is C22H28N4O3. The second-order valence-electron chi connectivity index (χ2n) is 9.59. The Hall–Kier alpha value is -2.70. The molecule has 0 saturated carbocycles. The fraction of sp³-hybridized carbons (Fsp3) is 0.545. The van der Waals surface area contributed by atoms with Crippen molar-refractivity contribution in [3.8, 4) is 0 Å². The van der Waals surface area contributed by atoms with E-state index in [1.807, 2.05) is 12.1 Å². The van der Waals surface area contributed by atoms with Gasteiger partial charge in [0.2, 0.25) is 0 Å². The molecule has 1 amide bonds. The summed E-state index contributed by atoms with van der Waals surface area (Å²) < 4.78 is 1.78. The first-order chi connectivity index (χ1) is 13.5. The first-order valence-electron chi connectivity index (χ1n) is 10.1. The van der Waals surface area contributed by atoms with E-state index < -0.39 is 12.0 Å². The molecule has 0 fully saturated rings. The normalized spacial score (nSPS) is 22.0. The lowest BCUT2D eigenvalue weighted by Gasteiger charge is -2.42. The largest absolute Gasteiger partial charge is 0.480 e. The zero-order valence-electron chi connectivity index (χ0n) is 17.7. The molecule has 0 spiro atoms. The minimum Gasteiger partial charge on any atom is -0.480 e. The third kappa shape index (κ3) is 3.12. The van der Waals surface area contributed by atoms with Crippen molar-refractivity contribution in [1.29, 1.82) is 0 Å². The topological polar surface area (TPSA) is 88.3 Å². The summed E-state index contributed by atoms with van der Waals surface area (Å²) in [5.41, 5.74) is 3.03. The Labute approximate surface area is 170 Å². The van der Waals surface area contributed by atoms with Crippen LogP contribution in [0.25, 0.3) is 0 Å². The summed E-state index contributed by atoms with van der Waals surface area (Å²) >= 11 is 0. The van der Waals surface area contributed by atoms with Crippen molar-refractivity contribution in [1.82, 2.24) is 19.7 Å². The number of carboxylic acids is 1. The van der Waals surface area contributed by atoms with Crippen LogP contribution >= 0.6 is 0 Å². The zero-order chi connectivity index (χ0) is 21.1. The van der Waals surface area contributed by atoms with Crippen LogP contribution in [0.1, 0.15) is 73.7 Å². The van der Waals surface area contributed by atoms with E-state index in [0.717, 1.165) is 12.8 Å². The molecule has 1 aliphatic carbocycles. The molecule has 0 saturated heterocycles. The Morgan fingerprint density at radius 2 is 1.72 bits per heavy atom. The summed E-state index contributed by atoms with van der Waals surface area (Å²) in [6, 6.07) is 4.93. The van der Waals surface area contributed by atoms with Gasteiger partial charge in [0.05, 0.1) is 13.1 Å². The van der Waals surface area contributed by atoms with Crippen LogP contribution in [-0.4, -0.2) is 42.7 Å². The van der Waals surface area contributed by atoms with Crippen molar-refractivity contribution in [3.63, 3.8) is 0 Å². The highest BCUT2D eigenvalue weighted by Gasteiger charge is 2.40. The number of nitrogens with zero attached hydrogens (tertiary/aromatic N) is 4. The van der Waals surface area contributed by atoms with Crippen LogP contribution in [-0.2, 0) is 28.7 Å². The van der Waals surface area contributed by atoms with E-state index in [1.54, 1.807) is 11.5 Å². The highest BCUT2D eigenvalue weighted by molar-refractivity contribution is 5.97. The molecule has 4 rings (SSSR count). The summed E-state index contributed by atoms with van der Waals surface area (Å²) in [6.45, 7) is 11.0. The number of aryl methyl sites for hydroxylation is 1. The lowest BCUT2D eigenvalue weighted by atomic mass is 9.63. The number of hydrogen-bond acceptors (Lipinski definition) is 4. The molecule has 1 atom stereocenters. The summed E-state index contributed by atoms with van der Waals surface area (Å²) in [6.07, 6.45) is 2.15. The predicted molar refractivity (Wildman–Crippen MR) is 108 cm³/mol. The standard InChI is InChI=1S/C22H28N4O3/c1-13-23-24-18-12-26(17(20(28)29)11-25(13)18)19(27)14-6-7-15-16(10-14)22(4,5)9-8-21(15,2)3/h6-7,10,17H,8-9,11-12H2,1-5H3,(H,28,29). The van der Waals surface area contributed by atoms with Crippen molar-refractivity contribution in [2.45, 2.75) is 77.4 Å². The van der Waals surface area contributed by atoms with E-state index in [1.165, 1.54) is 16.0 Å². The molecule has 1 aromatic heterocycles. The highest BCUT2D eigenvalue weighted by atomic mass is 16.4. The fourth-order valence-electron chi connectivity index (χ4n) is 4.63. The number of aliphatic carboxylic acids is 1. The van der Waals surface area contributed by atoms with Crippen LogP contribution in [0, 0.1) is 6.92 Å². The maximum absolute atomic E-state index is 13.4. The van der Waals surface area contributed by atoms with Gasteiger partial charge in [0.15, 0.2) is 5.82 Å². The van der Waals surface area contributed by atoms with Gasteiger partial charge in [-0.2, -0.15) is 0 Å². The molecule has 0 radical (unpaired) electrons. The number of amides is 1. The summed E-state index contributed by atoms with van der Waals surface area (Å²) in [7, 11) is 0. The fourth-order valence-corrected chi connectivity index (χ4v) is 4.63. The lowest BCUT2D eigenvalue weighted by Crippen LogP contribution is -2.50. The third-order valence-corrected chi connectivity index (χ3v) is 6.70. The maximum Gasteiger partial charge on any atom is 0.328 e. The Morgan fingerprint density at radius 1 is 1.07 bits per heavy atom. The SMILES string of the molecule is Cc1nnc2n1CC(C(=O)O)N(C(=O)c1ccc3c(c1)C(C)(C)CCC3(C)C)C2. The number of hydrogen-bond donors (Lipinski definition) is 1. The smallest absolute Gasteiger partial charge is 0.328 e. The molecule has 1 aromatic carbocycles. The van der Waals surface area contributed by atoms with Crippen LogP contribution in [0.5, 0.6) is 0 Å². The van der Waals surface area contributed by atoms with Crippen molar-refractivity contribution in [3.05, 3.63) is 46.5 Å².